The van der Waals surface area contributed by atoms with Crippen molar-refractivity contribution in [1.29, 1.82) is 0 Å². The van der Waals surface area contributed by atoms with Gasteiger partial charge in [0.2, 0.25) is 0 Å². The third-order valence-electron chi connectivity index (χ3n) is 3.29. The highest BCUT2D eigenvalue weighted by Gasteiger charge is 2.37. The summed E-state index contributed by atoms with van der Waals surface area (Å²) in [6.07, 6.45) is 0. The lowest BCUT2D eigenvalue weighted by atomic mass is 10.1. The van der Waals surface area contributed by atoms with Crippen LogP contribution in [0.25, 0.3) is 0 Å². The van der Waals surface area contributed by atoms with Crippen molar-refractivity contribution < 1.29 is 9.59 Å². The average Bonchev–Trinajstić information content (AvgIpc) is 2.68. The normalized spacial score (nSPS) is 13.8. The van der Waals surface area contributed by atoms with Crippen LogP contribution in [0, 0.1) is 0 Å². The van der Waals surface area contributed by atoms with E-state index in [9.17, 15) is 9.59 Å². The summed E-state index contributed by atoms with van der Waals surface area (Å²) in [6.45, 7) is 0.264. The molecule has 0 fully saturated rings. The first-order valence-electron chi connectivity index (χ1n) is 6.07. The van der Waals surface area contributed by atoms with Gasteiger partial charge in [0.05, 0.1) is 17.8 Å². The Morgan fingerprint density at radius 2 is 1.86 bits per heavy atom. The summed E-state index contributed by atoms with van der Waals surface area (Å²) in [5.74, 6) is -1.03. The minimum absolute atomic E-state index is 0.264. The van der Waals surface area contributed by atoms with Crippen molar-refractivity contribution in [2.45, 2.75) is 6.54 Å². The number of anilines is 1. The van der Waals surface area contributed by atoms with Gasteiger partial charge in [0.15, 0.2) is 0 Å². The van der Waals surface area contributed by atoms with Gasteiger partial charge in [-0.25, -0.2) is 0 Å². The molecule has 0 saturated heterocycles. The SMILES string of the molecule is O=C1C(=O)N(Cc2ccc(Br)cc2Cl)c2cccc(Br)c21. The molecule has 0 atom stereocenters. The minimum atomic E-state index is -0.532. The largest absolute Gasteiger partial charge is 0.300 e. The quantitative estimate of drug-likeness (QED) is 0.655. The van der Waals surface area contributed by atoms with Crippen molar-refractivity contribution in [1.82, 2.24) is 0 Å². The Hall–Kier alpha value is -1.17. The first-order chi connectivity index (χ1) is 9.99. The standard InChI is InChI=1S/C15H8Br2ClNO2/c16-9-5-4-8(11(18)6-9)7-19-12-3-1-2-10(17)13(12)14(20)15(19)21/h1-6H,7H2. The van der Waals surface area contributed by atoms with Gasteiger partial charge < -0.3 is 4.90 Å². The van der Waals surface area contributed by atoms with E-state index in [1.165, 1.54) is 4.90 Å². The Morgan fingerprint density at radius 3 is 2.57 bits per heavy atom. The van der Waals surface area contributed by atoms with Crippen molar-refractivity contribution in [3.63, 3.8) is 0 Å². The monoisotopic (exact) mass is 427 g/mol. The molecule has 0 aromatic heterocycles. The predicted molar refractivity (Wildman–Crippen MR) is 88.8 cm³/mol. The summed E-state index contributed by atoms with van der Waals surface area (Å²) < 4.78 is 1.49. The van der Waals surface area contributed by atoms with Crippen LogP contribution in [0.3, 0.4) is 0 Å². The molecule has 21 heavy (non-hydrogen) atoms. The summed E-state index contributed by atoms with van der Waals surface area (Å²) in [5, 5.41) is 0.549. The summed E-state index contributed by atoms with van der Waals surface area (Å²) in [6, 6.07) is 10.8. The Labute approximate surface area is 143 Å². The second kappa shape index (κ2) is 5.55. The molecule has 1 heterocycles. The molecule has 1 amide bonds. The lowest BCUT2D eigenvalue weighted by Crippen LogP contribution is -2.29. The van der Waals surface area contributed by atoms with E-state index in [1.54, 1.807) is 24.3 Å². The second-order valence-corrected chi connectivity index (χ2v) is 6.77. The van der Waals surface area contributed by atoms with Gasteiger partial charge in [-0.2, -0.15) is 0 Å². The number of hydrogen-bond acceptors (Lipinski definition) is 2. The van der Waals surface area contributed by atoms with Crippen LogP contribution in [0.1, 0.15) is 15.9 Å². The Kier molecular flexibility index (Phi) is 3.90. The minimum Gasteiger partial charge on any atom is -0.300 e. The number of ketones is 1. The highest BCUT2D eigenvalue weighted by atomic mass is 79.9. The van der Waals surface area contributed by atoms with Crippen LogP contribution in [0.5, 0.6) is 0 Å². The van der Waals surface area contributed by atoms with E-state index in [-0.39, 0.29) is 6.54 Å². The molecule has 0 bridgehead atoms. The average molecular weight is 429 g/mol. The van der Waals surface area contributed by atoms with Gasteiger partial charge in [-0.1, -0.05) is 39.7 Å². The van der Waals surface area contributed by atoms with Gasteiger partial charge in [0, 0.05) is 14.0 Å². The van der Waals surface area contributed by atoms with Crippen molar-refractivity contribution >= 4 is 60.8 Å². The van der Waals surface area contributed by atoms with Crippen molar-refractivity contribution in [3.05, 3.63) is 61.5 Å². The molecule has 1 aliphatic heterocycles. The van der Waals surface area contributed by atoms with E-state index < -0.39 is 11.7 Å². The molecular weight excluding hydrogens is 421 g/mol. The maximum Gasteiger partial charge on any atom is 0.299 e. The zero-order valence-corrected chi connectivity index (χ0v) is 14.5. The highest BCUT2D eigenvalue weighted by Crippen LogP contribution is 2.36. The molecule has 0 radical (unpaired) electrons. The number of carbonyl (C=O) groups excluding carboxylic acids is 2. The molecule has 0 unspecified atom stereocenters. The Morgan fingerprint density at radius 1 is 1.10 bits per heavy atom. The van der Waals surface area contributed by atoms with Gasteiger partial charge >= 0.3 is 0 Å². The van der Waals surface area contributed by atoms with E-state index in [0.717, 1.165) is 10.0 Å². The molecule has 6 heteroatoms. The third-order valence-corrected chi connectivity index (χ3v) is 4.80. The van der Waals surface area contributed by atoms with E-state index in [1.807, 2.05) is 12.1 Å². The molecule has 3 nitrogen and oxygen atoms in total. The molecule has 0 N–H and O–H groups in total. The molecule has 0 aliphatic carbocycles. The maximum absolute atomic E-state index is 12.2. The fraction of sp³-hybridized carbons (Fsp3) is 0.0667. The van der Waals surface area contributed by atoms with Crippen LogP contribution in [0.2, 0.25) is 5.02 Å². The number of carbonyl (C=O) groups is 2. The molecule has 0 spiro atoms. The third kappa shape index (κ3) is 2.54. The van der Waals surface area contributed by atoms with Crippen molar-refractivity contribution in [3.8, 4) is 0 Å². The molecule has 3 rings (SSSR count). The number of halogens is 3. The lowest BCUT2D eigenvalue weighted by Gasteiger charge is -2.17. The predicted octanol–water partition coefficient (Wildman–Crippen LogP) is 4.59. The molecule has 2 aromatic rings. The van der Waals surface area contributed by atoms with E-state index in [4.69, 9.17) is 11.6 Å². The maximum atomic E-state index is 12.2. The number of amides is 1. The van der Waals surface area contributed by atoms with Gasteiger partial charge in [0.1, 0.15) is 0 Å². The topological polar surface area (TPSA) is 37.4 Å². The van der Waals surface area contributed by atoms with E-state index >= 15 is 0 Å². The fourth-order valence-corrected chi connectivity index (χ4v) is 3.55. The molecule has 2 aromatic carbocycles. The zero-order chi connectivity index (χ0) is 15.1. The molecular formula is C15H8Br2ClNO2. The number of hydrogen-bond donors (Lipinski definition) is 0. The molecule has 0 saturated carbocycles. The summed E-state index contributed by atoms with van der Waals surface area (Å²) in [4.78, 5) is 25.8. The van der Waals surface area contributed by atoms with Crippen LogP contribution in [0.15, 0.2) is 45.3 Å². The first kappa shape index (κ1) is 14.8. The summed E-state index contributed by atoms with van der Waals surface area (Å²) in [5.41, 5.74) is 1.81. The number of benzene rings is 2. The van der Waals surface area contributed by atoms with Crippen LogP contribution in [-0.4, -0.2) is 11.7 Å². The first-order valence-corrected chi connectivity index (χ1v) is 8.04. The van der Waals surface area contributed by atoms with E-state index in [2.05, 4.69) is 31.9 Å². The van der Waals surface area contributed by atoms with Gasteiger partial charge in [-0.05, 0) is 45.8 Å². The van der Waals surface area contributed by atoms with Gasteiger partial charge in [-0.15, -0.1) is 0 Å². The summed E-state index contributed by atoms with van der Waals surface area (Å²) >= 11 is 12.8. The van der Waals surface area contributed by atoms with Crippen molar-refractivity contribution in [2.24, 2.45) is 0 Å². The lowest BCUT2D eigenvalue weighted by molar-refractivity contribution is -0.114. The number of rotatable bonds is 2. The van der Waals surface area contributed by atoms with Crippen LogP contribution < -0.4 is 4.90 Å². The molecule has 1 aliphatic rings. The smallest absolute Gasteiger partial charge is 0.299 e. The van der Waals surface area contributed by atoms with Crippen molar-refractivity contribution in [2.75, 3.05) is 4.90 Å². The number of fused-ring (bicyclic) bond motifs is 1. The van der Waals surface area contributed by atoms with E-state index in [0.29, 0.717) is 20.7 Å². The van der Waals surface area contributed by atoms with Crippen LogP contribution in [0.4, 0.5) is 5.69 Å². The second-order valence-electron chi connectivity index (χ2n) is 4.59. The number of nitrogens with zero attached hydrogens (tertiary/aromatic N) is 1. The van der Waals surface area contributed by atoms with Gasteiger partial charge in [-0.3, -0.25) is 9.59 Å². The van der Waals surface area contributed by atoms with Gasteiger partial charge in [0.25, 0.3) is 11.7 Å². The summed E-state index contributed by atoms with van der Waals surface area (Å²) in [7, 11) is 0. The van der Waals surface area contributed by atoms with Crippen LogP contribution in [-0.2, 0) is 11.3 Å². The number of Topliss-reactive ketones (excluding diaryl/α,β-unsaturated/α-hetero) is 1. The highest BCUT2D eigenvalue weighted by molar-refractivity contribution is 9.10. The zero-order valence-electron chi connectivity index (χ0n) is 10.6. The Bertz CT molecular complexity index is 776. The fourth-order valence-electron chi connectivity index (χ4n) is 2.28. The molecule has 106 valence electrons. The van der Waals surface area contributed by atoms with Crippen LogP contribution >= 0.6 is 43.5 Å². The Balaban J connectivity index is 2.03.